The number of nitrogens with zero attached hydrogens (tertiary/aromatic N) is 3. The first-order valence-electron chi connectivity index (χ1n) is 7.97. The molecule has 20 heavy (non-hydrogen) atoms. The molecule has 2 atom stereocenters. The van der Waals surface area contributed by atoms with Crippen LogP contribution in [0.5, 0.6) is 0 Å². The quantitative estimate of drug-likeness (QED) is 0.738. The second-order valence-electron chi connectivity index (χ2n) is 6.81. The first kappa shape index (κ1) is 17.4. The van der Waals surface area contributed by atoms with E-state index < -0.39 is 0 Å². The Labute approximate surface area is 125 Å². The Bertz CT molecular complexity index is 321. The number of likely N-dealkylation sites (N-methyl/N-ethyl adjacent to an activating group) is 1. The predicted molar refractivity (Wildman–Crippen MR) is 84.6 cm³/mol. The minimum Gasteiger partial charge on any atom is -0.308 e. The fourth-order valence-corrected chi connectivity index (χ4v) is 3.19. The molecule has 116 valence electrons. The molecule has 0 bridgehead atoms. The van der Waals surface area contributed by atoms with E-state index in [9.17, 15) is 5.26 Å². The third-order valence-electron chi connectivity index (χ3n) is 4.17. The molecule has 0 spiro atoms. The maximum Gasteiger partial charge on any atom is 0.108 e. The highest BCUT2D eigenvalue weighted by molar-refractivity contribution is 5.13. The zero-order valence-corrected chi connectivity index (χ0v) is 13.9. The van der Waals surface area contributed by atoms with Gasteiger partial charge in [0.05, 0.1) is 6.07 Å². The molecule has 1 saturated carbocycles. The summed E-state index contributed by atoms with van der Waals surface area (Å²) >= 11 is 0. The molecular formula is C16H32N4. The summed E-state index contributed by atoms with van der Waals surface area (Å²) in [6.07, 6.45) is 3.09. The first-order chi connectivity index (χ1) is 9.42. The summed E-state index contributed by atoms with van der Waals surface area (Å²) < 4.78 is 0. The van der Waals surface area contributed by atoms with Crippen LogP contribution in [-0.2, 0) is 0 Å². The van der Waals surface area contributed by atoms with Crippen molar-refractivity contribution in [1.82, 2.24) is 15.1 Å². The molecule has 1 rings (SSSR count). The van der Waals surface area contributed by atoms with Crippen LogP contribution >= 0.6 is 0 Å². The van der Waals surface area contributed by atoms with E-state index >= 15 is 0 Å². The Hall–Kier alpha value is -0.630. The number of nitrogens with one attached hydrogen (secondary N) is 1. The largest absolute Gasteiger partial charge is 0.308 e. The van der Waals surface area contributed by atoms with Crippen LogP contribution in [0.1, 0.15) is 40.0 Å². The van der Waals surface area contributed by atoms with Crippen LogP contribution in [0.25, 0.3) is 0 Å². The second-order valence-corrected chi connectivity index (χ2v) is 6.81. The Morgan fingerprint density at radius 1 is 1.35 bits per heavy atom. The molecular weight excluding hydrogens is 248 g/mol. The lowest BCUT2D eigenvalue weighted by Crippen LogP contribution is -2.45. The van der Waals surface area contributed by atoms with E-state index in [-0.39, 0.29) is 5.54 Å². The Balaban J connectivity index is 2.65. The molecule has 1 aliphatic carbocycles. The Morgan fingerprint density at radius 3 is 2.55 bits per heavy atom. The summed E-state index contributed by atoms with van der Waals surface area (Å²) in [5.74, 6) is 0.674. The van der Waals surface area contributed by atoms with Gasteiger partial charge in [-0.3, -0.25) is 10.2 Å². The highest BCUT2D eigenvalue weighted by Crippen LogP contribution is 2.33. The van der Waals surface area contributed by atoms with Crippen molar-refractivity contribution in [3.8, 4) is 6.07 Å². The molecule has 0 aliphatic heterocycles. The summed E-state index contributed by atoms with van der Waals surface area (Å²) in [7, 11) is 4.25. The maximum atomic E-state index is 9.51. The molecule has 0 amide bonds. The molecule has 0 heterocycles. The fraction of sp³-hybridized carbons (Fsp3) is 0.938. The molecule has 0 saturated heterocycles. The van der Waals surface area contributed by atoms with Gasteiger partial charge in [-0.05, 0) is 45.8 Å². The molecule has 1 fully saturated rings. The first-order valence-corrected chi connectivity index (χ1v) is 7.97. The van der Waals surface area contributed by atoms with Crippen molar-refractivity contribution in [3.05, 3.63) is 0 Å². The summed E-state index contributed by atoms with van der Waals surface area (Å²) in [5, 5.41) is 12.9. The van der Waals surface area contributed by atoms with Gasteiger partial charge in [0.2, 0.25) is 0 Å². The van der Waals surface area contributed by atoms with Gasteiger partial charge in [0.15, 0.2) is 0 Å². The van der Waals surface area contributed by atoms with Crippen LogP contribution < -0.4 is 5.32 Å². The fourth-order valence-electron chi connectivity index (χ4n) is 3.19. The minimum absolute atomic E-state index is 0.285. The molecule has 2 unspecified atom stereocenters. The van der Waals surface area contributed by atoms with Crippen LogP contribution in [0.4, 0.5) is 0 Å². The van der Waals surface area contributed by atoms with Gasteiger partial charge in [-0.15, -0.1) is 0 Å². The van der Waals surface area contributed by atoms with E-state index in [1.165, 1.54) is 0 Å². The number of rotatable bonds is 8. The molecule has 0 aromatic rings. The maximum absolute atomic E-state index is 9.51. The van der Waals surface area contributed by atoms with Crippen molar-refractivity contribution in [2.45, 2.75) is 51.6 Å². The van der Waals surface area contributed by atoms with Gasteiger partial charge in [0.25, 0.3) is 0 Å². The lowest BCUT2D eigenvalue weighted by atomic mass is 9.99. The average Bonchev–Trinajstić information content (AvgIpc) is 2.79. The average molecular weight is 280 g/mol. The monoisotopic (exact) mass is 280 g/mol. The van der Waals surface area contributed by atoms with Gasteiger partial charge < -0.3 is 4.90 Å². The van der Waals surface area contributed by atoms with Gasteiger partial charge in [-0.25, -0.2) is 0 Å². The van der Waals surface area contributed by atoms with Crippen LogP contribution in [0.2, 0.25) is 0 Å². The lowest BCUT2D eigenvalue weighted by molar-refractivity contribution is 0.157. The predicted octanol–water partition coefficient (Wildman–Crippen LogP) is 1.93. The van der Waals surface area contributed by atoms with Crippen molar-refractivity contribution in [3.63, 3.8) is 0 Å². The third-order valence-corrected chi connectivity index (χ3v) is 4.17. The molecule has 1 aliphatic rings. The molecule has 0 radical (unpaired) electrons. The zero-order valence-electron chi connectivity index (χ0n) is 13.9. The van der Waals surface area contributed by atoms with Crippen molar-refractivity contribution < 1.29 is 0 Å². The van der Waals surface area contributed by atoms with Crippen LogP contribution in [0.15, 0.2) is 0 Å². The minimum atomic E-state index is -0.285. The highest BCUT2D eigenvalue weighted by Gasteiger charge is 2.40. The SMILES string of the molecule is CCNC1(C#N)CCC(N(CCN(C)C)CC(C)C)C1. The summed E-state index contributed by atoms with van der Waals surface area (Å²) in [6.45, 7) is 10.8. The highest BCUT2D eigenvalue weighted by atomic mass is 15.2. The summed E-state index contributed by atoms with van der Waals surface area (Å²) in [4.78, 5) is 4.84. The number of hydrogen-bond acceptors (Lipinski definition) is 4. The van der Waals surface area contributed by atoms with Crippen molar-refractivity contribution in [2.24, 2.45) is 5.92 Å². The van der Waals surface area contributed by atoms with E-state index in [1.54, 1.807) is 0 Å². The van der Waals surface area contributed by atoms with Crippen molar-refractivity contribution in [1.29, 1.82) is 5.26 Å². The van der Waals surface area contributed by atoms with Gasteiger partial charge in [-0.2, -0.15) is 5.26 Å². The second kappa shape index (κ2) is 7.97. The van der Waals surface area contributed by atoms with E-state index in [1.807, 2.05) is 0 Å². The van der Waals surface area contributed by atoms with Gasteiger partial charge in [-0.1, -0.05) is 20.8 Å². The molecule has 0 aromatic carbocycles. The van der Waals surface area contributed by atoms with E-state index in [0.717, 1.165) is 45.4 Å². The van der Waals surface area contributed by atoms with E-state index in [4.69, 9.17) is 0 Å². The molecule has 4 nitrogen and oxygen atoms in total. The van der Waals surface area contributed by atoms with Crippen LogP contribution in [0, 0.1) is 17.2 Å². The molecule has 0 aromatic heterocycles. The summed E-state index contributed by atoms with van der Waals surface area (Å²) in [6, 6.07) is 3.09. The van der Waals surface area contributed by atoms with E-state index in [2.05, 4.69) is 56.1 Å². The van der Waals surface area contributed by atoms with Crippen molar-refractivity contribution in [2.75, 3.05) is 40.3 Å². The number of nitriles is 1. The van der Waals surface area contributed by atoms with E-state index in [0.29, 0.717) is 12.0 Å². The summed E-state index contributed by atoms with van der Waals surface area (Å²) in [5.41, 5.74) is -0.285. The van der Waals surface area contributed by atoms with Crippen LogP contribution in [-0.4, -0.2) is 61.7 Å². The smallest absolute Gasteiger partial charge is 0.108 e. The van der Waals surface area contributed by atoms with Gasteiger partial charge in [0, 0.05) is 25.7 Å². The lowest BCUT2D eigenvalue weighted by Gasteiger charge is -2.32. The normalized spacial score (nSPS) is 26.6. The Morgan fingerprint density at radius 2 is 2.05 bits per heavy atom. The third kappa shape index (κ3) is 5.05. The topological polar surface area (TPSA) is 42.3 Å². The zero-order chi connectivity index (χ0) is 15.2. The standard InChI is InChI=1S/C16H32N4/c1-6-18-16(13-17)8-7-15(11-16)20(12-14(2)3)10-9-19(4)5/h14-15,18H,6-12H2,1-5H3. The molecule has 4 heteroatoms. The number of hydrogen-bond donors (Lipinski definition) is 1. The van der Waals surface area contributed by atoms with Gasteiger partial charge in [0.1, 0.15) is 5.54 Å². The Kier molecular flexibility index (Phi) is 6.94. The van der Waals surface area contributed by atoms with Crippen molar-refractivity contribution >= 4 is 0 Å². The molecule has 1 N–H and O–H groups in total. The van der Waals surface area contributed by atoms with Gasteiger partial charge >= 0.3 is 0 Å². The van der Waals surface area contributed by atoms with Crippen LogP contribution in [0.3, 0.4) is 0 Å².